The predicted molar refractivity (Wildman–Crippen MR) is 75.5 cm³/mol. The van der Waals surface area contributed by atoms with Crippen LogP contribution in [0.5, 0.6) is 0 Å². The van der Waals surface area contributed by atoms with Crippen molar-refractivity contribution in [3.05, 3.63) is 17.5 Å². The SMILES string of the molecule is CCC(CC)c1cc(C(=O)N2CCC(CO)CC2)on1. The molecule has 1 aromatic rings. The average Bonchev–Trinajstić information content (AvgIpc) is 2.97. The van der Waals surface area contributed by atoms with E-state index >= 15 is 0 Å². The molecular weight excluding hydrogens is 256 g/mol. The Hall–Kier alpha value is -1.36. The molecule has 0 atom stereocenters. The van der Waals surface area contributed by atoms with Gasteiger partial charge in [-0.3, -0.25) is 4.79 Å². The Morgan fingerprint density at radius 1 is 1.45 bits per heavy atom. The molecule has 1 fully saturated rings. The highest BCUT2D eigenvalue weighted by atomic mass is 16.5. The highest BCUT2D eigenvalue weighted by Crippen LogP contribution is 2.24. The number of hydrogen-bond donors (Lipinski definition) is 1. The molecule has 0 unspecified atom stereocenters. The monoisotopic (exact) mass is 280 g/mol. The van der Waals surface area contributed by atoms with Crippen LogP contribution >= 0.6 is 0 Å². The number of hydrogen-bond acceptors (Lipinski definition) is 4. The number of rotatable bonds is 5. The summed E-state index contributed by atoms with van der Waals surface area (Å²) < 4.78 is 5.23. The molecule has 5 heteroatoms. The van der Waals surface area contributed by atoms with Gasteiger partial charge < -0.3 is 14.5 Å². The van der Waals surface area contributed by atoms with Crippen molar-refractivity contribution in [1.82, 2.24) is 10.1 Å². The zero-order valence-corrected chi connectivity index (χ0v) is 12.3. The van der Waals surface area contributed by atoms with Gasteiger partial charge in [0.05, 0.1) is 5.69 Å². The smallest absolute Gasteiger partial charge is 0.292 e. The van der Waals surface area contributed by atoms with Gasteiger partial charge in [-0.2, -0.15) is 0 Å². The number of carbonyl (C=O) groups is 1. The molecule has 1 aliphatic rings. The molecule has 2 rings (SSSR count). The van der Waals surface area contributed by atoms with Gasteiger partial charge in [0.25, 0.3) is 5.91 Å². The summed E-state index contributed by atoms with van der Waals surface area (Å²) in [5.74, 6) is 0.953. The van der Waals surface area contributed by atoms with Gasteiger partial charge in [-0.25, -0.2) is 0 Å². The molecule has 0 bridgehead atoms. The number of aromatic nitrogens is 1. The molecule has 0 spiro atoms. The Bertz CT molecular complexity index is 432. The second-order valence-corrected chi connectivity index (χ2v) is 5.55. The van der Waals surface area contributed by atoms with Crippen LogP contribution in [0, 0.1) is 5.92 Å². The van der Waals surface area contributed by atoms with E-state index in [1.54, 1.807) is 11.0 Å². The van der Waals surface area contributed by atoms with E-state index in [-0.39, 0.29) is 12.5 Å². The molecule has 20 heavy (non-hydrogen) atoms. The number of carbonyl (C=O) groups excluding carboxylic acids is 1. The van der Waals surface area contributed by atoms with Crippen LogP contribution in [0.15, 0.2) is 10.6 Å². The first-order valence-corrected chi connectivity index (χ1v) is 7.56. The molecule has 1 saturated heterocycles. The quantitative estimate of drug-likeness (QED) is 0.899. The van der Waals surface area contributed by atoms with E-state index < -0.39 is 0 Å². The highest BCUT2D eigenvalue weighted by Gasteiger charge is 2.26. The van der Waals surface area contributed by atoms with Crippen LogP contribution in [0.1, 0.15) is 61.7 Å². The van der Waals surface area contributed by atoms with E-state index in [4.69, 9.17) is 9.63 Å². The number of aliphatic hydroxyl groups excluding tert-OH is 1. The van der Waals surface area contributed by atoms with E-state index in [9.17, 15) is 4.79 Å². The Balaban J connectivity index is 1.99. The summed E-state index contributed by atoms with van der Waals surface area (Å²) in [6.45, 7) is 5.81. The largest absolute Gasteiger partial charge is 0.396 e. The summed E-state index contributed by atoms with van der Waals surface area (Å²) >= 11 is 0. The molecular formula is C15H24N2O3. The summed E-state index contributed by atoms with van der Waals surface area (Å²) in [5.41, 5.74) is 0.878. The van der Waals surface area contributed by atoms with Crippen LogP contribution in [0.2, 0.25) is 0 Å². The van der Waals surface area contributed by atoms with E-state index in [1.165, 1.54) is 0 Å². The van der Waals surface area contributed by atoms with Crippen molar-refractivity contribution in [1.29, 1.82) is 0 Å². The van der Waals surface area contributed by atoms with Gasteiger partial charge in [0.15, 0.2) is 0 Å². The number of piperidine rings is 1. The van der Waals surface area contributed by atoms with Crippen LogP contribution in [0.3, 0.4) is 0 Å². The number of likely N-dealkylation sites (tertiary alicyclic amines) is 1. The maximum atomic E-state index is 12.3. The molecule has 2 heterocycles. The molecule has 0 aromatic carbocycles. The fraction of sp³-hybridized carbons (Fsp3) is 0.733. The Labute approximate surface area is 119 Å². The lowest BCUT2D eigenvalue weighted by molar-refractivity contribution is 0.0611. The van der Waals surface area contributed by atoms with Gasteiger partial charge in [0, 0.05) is 31.7 Å². The lowest BCUT2D eigenvalue weighted by Gasteiger charge is -2.30. The Kier molecular flexibility index (Phi) is 5.17. The van der Waals surface area contributed by atoms with Gasteiger partial charge in [-0.05, 0) is 31.6 Å². The fourth-order valence-electron chi connectivity index (χ4n) is 2.76. The van der Waals surface area contributed by atoms with Gasteiger partial charge in [0.2, 0.25) is 5.76 Å². The minimum absolute atomic E-state index is 0.0777. The second kappa shape index (κ2) is 6.88. The predicted octanol–water partition coefficient (Wildman–Crippen LogP) is 2.42. The third kappa shape index (κ3) is 3.20. The summed E-state index contributed by atoms with van der Waals surface area (Å²) in [4.78, 5) is 14.1. The Morgan fingerprint density at radius 2 is 2.10 bits per heavy atom. The molecule has 1 N–H and O–H groups in total. The zero-order valence-electron chi connectivity index (χ0n) is 12.3. The molecule has 112 valence electrons. The maximum absolute atomic E-state index is 12.3. The third-order valence-electron chi connectivity index (χ3n) is 4.30. The lowest BCUT2D eigenvalue weighted by Crippen LogP contribution is -2.39. The van der Waals surface area contributed by atoms with Gasteiger partial charge >= 0.3 is 0 Å². The summed E-state index contributed by atoms with van der Waals surface area (Å²) in [6, 6.07) is 1.79. The van der Waals surface area contributed by atoms with E-state index in [0.717, 1.165) is 31.4 Å². The molecule has 0 radical (unpaired) electrons. The van der Waals surface area contributed by atoms with Crippen LogP contribution in [-0.2, 0) is 0 Å². The van der Waals surface area contributed by atoms with Crippen LogP contribution < -0.4 is 0 Å². The van der Waals surface area contributed by atoms with Crippen molar-refractivity contribution in [2.24, 2.45) is 5.92 Å². The summed E-state index contributed by atoms with van der Waals surface area (Å²) in [5, 5.41) is 13.2. The molecule has 1 amide bonds. The molecule has 1 aromatic heterocycles. The maximum Gasteiger partial charge on any atom is 0.292 e. The molecule has 0 saturated carbocycles. The minimum atomic E-state index is -0.0777. The summed E-state index contributed by atoms with van der Waals surface area (Å²) in [7, 11) is 0. The van der Waals surface area contributed by atoms with Crippen molar-refractivity contribution in [2.45, 2.75) is 45.4 Å². The van der Waals surface area contributed by atoms with Crippen molar-refractivity contribution in [3.63, 3.8) is 0 Å². The first-order valence-electron chi connectivity index (χ1n) is 7.56. The normalized spacial score (nSPS) is 16.9. The van der Waals surface area contributed by atoms with Crippen molar-refractivity contribution in [2.75, 3.05) is 19.7 Å². The Morgan fingerprint density at radius 3 is 2.65 bits per heavy atom. The first kappa shape index (κ1) is 15.0. The average molecular weight is 280 g/mol. The van der Waals surface area contributed by atoms with Gasteiger partial charge in [0.1, 0.15) is 0 Å². The second-order valence-electron chi connectivity index (χ2n) is 5.55. The van der Waals surface area contributed by atoms with Crippen LogP contribution in [0.4, 0.5) is 0 Å². The zero-order chi connectivity index (χ0) is 14.5. The van der Waals surface area contributed by atoms with Gasteiger partial charge in [-0.1, -0.05) is 19.0 Å². The first-order chi connectivity index (χ1) is 9.69. The van der Waals surface area contributed by atoms with Crippen molar-refractivity contribution < 1.29 is 14.4 Å². The van der Waals surface area contributed by atoms with Crippen molar-refractivity contribution in [3.8, 4) is 0 Å². The van der Waals surface area contributed by atoms with Crippen molar-refractivity contribution >= 4 is 5.91 Å². The summed E-state index contributed by atoms with van der Waals surface area (Å²) in [6.07, 6.45) is 3.71. The minimum Gasteiger partial charge on any atom is -0.396 e. The molecule has 0 aliphatic carbocycles. The van der Waals surface area contributed by atoms with E-state index in [0.29, 0.717) is 30.7 Å². The highest BCUT2D eigenvalue weighted by molar-refractivity contribution is 5.91. The number of nitrogens with zero attached hydrogens (tertiary/aromatic N) is 2. The number of aliphatic hydroxyl groups is 1. The van der Waals surface area contributed by atoms with E-state index in [1.807, 2.05) is 0 Å². The van der Waals surface area contributed by atoms with Gasteiger partial charge in [-0.15, -0.1) is 0 Å². The standard InChI is InChI=1S/C15H24N2O3/c1-3-12(4-2)13-9-14(20-16-13)15(19)17-7-5-11(10-18)6-8-17/h9,11-12,18H,3-8,10H2,1-2H3. The van der Waals surface area contributed by atoms with E-state index in [2.05, 4.69) is 19.0 Å². The fourth-order valence-corrected chi connectivity index (χ4v) is 2.76. The molecule has 5 nitrogen and oxygen atoms in total. The van der Waals surface area contributed by atoms with Crippen LogP contribution in [-0.4, -0.2) is 40.8 Å². The number of amides is 1. The molecule has 1 aliphatic heterocycles. The van der Waals surface area contributed by atoms with Crippen LogP contribution in [0.25, 0.3) is 0 Å². The topological polar surface area (TPSA) is 66.6 Å². The lowest BCUT2D eigenvalue weighted by atomic mass is 9.97. The third-order valence-corrected chi connectivity index (χ3v) is 4.30.